The van der Waals surface area contributed by atoms with Crippen LogP contribution >= 0.6 is 11.3 Å². The van der Waals surface area contributed by atoms with Crippen molar-refractivity contribution in [3.05, 3.63) is 62.1 Å². The van der Waals surface area contributed by atoms with Crippen LogP contribution < -0.4 is 11.2 Å². The maximum atomic E-state index is 14.4. The first kappa shape index (κ1) is 20.5. The molecule has 0 saturated carbocycles. The molecule has 0 aliphatic carbocycles. The van der Waals surface area contributed by atoms with E-state index in [4.69, 9.17) is 0 Å². The Hall–Kier alpha value is -2.81. The van der Waals surface area contributed by atoms with Gasteiger partial charge in [-0.05, 0) is 49.3 Å². The van der Waals surface area contributed by atoms with Crippen molar-refractivity contribution in [2.75, 3.05) is 6.54 Å². The maximum Gasteiger partial charge on any atom is 0.336 e. The first-order chi connectivity index (χ1) is 14.4. The van der Waals surface area contributed by atoms with Crippen molar-refractivity contribution < 1.29 is 13.6 Å². The van der Waals surface area contributed by atoms with Gasteiger partial charge in [-0.2, -0.15) is 0 Å². The molecule has 0 N–H and O–H groups in total. The Balaban J connectivity index is 1.84. The SMILES string of the molecule is CCC1CCCCN1C(=O)Cn1c(=O)n(-c2ccc(F)cc2F)c(=O)c2sccc21. The minimum Gasteiger partial charge on any atom is -0.338 e. The lowest BCUT2D eigenvalue weighted by Gasteiger charge is -2.35. The van der Waals surface area contributed by atoms with Crippen LogP contribution in [0, 0.1) is 11.6 Å². The molecule has 1 atom stereocenters. The largest absolute Gasteiger partial charge is 0.338 e. The smallest absolute Gasteiger partial charge is 0.336 e. The Morgan fingerprint density at radius 2 is 2.00 bits per heavy atom. The number of likely N-dealkylation sites (tertiary alicyclic amines) is 1. The number of halogens is 2. The lowest BCUT2D eigenvalue weighted by molar-refractivity contribution is -0.135. The van der Waals surface area contributed by atoms with Crippen LogP contribution in [0.2, 0.25) is 0 Å². The number of carbonyl (C=O) groups excluding carboxylic acids is 1. The molecule has 6 nitrogen and oxygen atoms in total. The van der Waals surface area contributed by atoms with Gasteiger partial charge in [0.1, 0.15) is 22.9 Å². The molecule has 3 heterocycles. The van der Waals surface area contributed by atoms with Crippen LogP contribution in [0.1, 0.15) is 32.6 Å². The van der Waals surface area contributed by atoms with Crippen LogP contribution in [0.5, 0.6) is 0 Å². The normalized spacial score (nSPS) is 16.9. The zero-order chi connectivity index (χ0) is 21.4. The summed E-state index contributed by atoms with van der Waals surface area (Å²) in [7, 11) is 0. The number of rotatable bonds is 4. The number of piperidine rings is 1. The highest BCUT2D eigenvalue weighted by molar-refractivity contribution is 7.17. The number of thiophene rings is 1. The highest BCUT2D eigenvalue weighted by Gasteiger charge is 2.27. The highest BCUT2D eigenvalue weighted by atomic mass is 32.1. The van der Waals surface area contributed by atoms with Crippen molar-refractivity contribution in [3.63, 3.8) is 0 Å². The molecule has 0 spiro atoms. The predicted octanol–water partition coefficient (Wildman–Crippen LogP) is 3.28. The van der Waals surface area contributed by atoms with Crippen molar-refractivity contribution in [1.29, 1.82) is 0 Å². The summed E-state index contributed by atoms with van der Waals surface area (Å²) in [5, 5.41) is 1.65. The van der Waals surface area contributed by atoms with Gasteiger partial charge >= 0.3 is 5.69 Å². The van der Waals surface area contributed by atoms with Gasteiger partial charge in [-0.25, -0.2) is 18.1 Å². The summed E-state index contributed by atoms with van der Waals surface area (Å²) in [5.74, 6) is -2.04. The summed E-state index contributed by atoms with van der Waals surface area (Å²) in [6, 6.07) is 4.39. The Morgan fingerprint density at radius 3 is 2.73 bits per heavy atom. The number of fused-ring (bicyclic) bond motifs is 1. The van der Waals surface area contributed by atoms with Crippen LogP contribution in [0.3, 0.4) is 0 Å². The van der Waals surface area contributed by atoms with Crippen LogP contribution in [0.25, 0.3) is 15.9 Å². The topological polar surface area (TPSA) is 64.3 Å². The Morgan fingerprint density at radius 1 is 1.20 bits per heavy atom. The van der Waals surface area contributed by atoms with Gasteiger partial charge in [0.05, 0.1) is 11.2 Å². The molecule has 1 fully saturated rings. The molecule has 1 saturated heterocycles. The summed E-state index contributed by atoms with van der Waals surface area (Å²) >= 11 is 1.11. The lowest BCUT2D eigenvalue weighted by atomic mass is 10.00. The summed E-state index contributed by atoms with van der Waals surface area (Å²) in [5.41, 5.74) is -1.52. The first-order valence-electron chi connectivity index (χ1n) is 9.90. The molecule has 30 heavy (non-hydrogen) atoms. The Labute approximate surface area is 175 Å². The third-order valence-electron chi connectivity index (χ3n) is 5.62. The summed E-state index contributed by atoms with van der Waals surface area (Å²) in [4.78, 5) is 40.9. The zero-order valence-electron chi connectivity index (χ0n) is 16.4. The minimum absolute atomic E-state index is 0.125. The van der Waals surface area contributed by atoms with Crippen molar-refractivity contribution in [1.82, 2.24) is 14.0 Å². The molecule has 1 unspecified atom stereocenters. The average Bonchev–Trinajstić information content (AvgIpc) is 3.22. The van der Waals surface area contributed by atoms with Gasteiger partial charge < -0.3 is 4.90 Å². The molecule has 1 amide bonds. The van der Waals surface area contributed by atoms with Gasteiger partial charge in [-0.15, -0.1) is 11.3 Å². The fraction of sp³-hybridized carbons (Fsp3) is 0.381. The lowest BCUT2D eigenvalue weighted by Crippen LogP contribution is -2.47. The second-order valence-corrected chi connectivity index (χ2v) is 8.30. The molecule has 2 aromatic heterocycles. The van der Waals surface area contributed by atoms with Gasteiger partial charge in [0.15, 0.2) is 0 Å². The average molecular weight is 433 g/mol. The Bertz CT molecular complexity index is 1230. The molecule has 3 aromatic rings. The van der Waals surface area contributed by atoms with Gasteiger partial charge in [-0.1, -0.05) is 6.92 Å². The van der Waals surface area contributed by atoms with Crippen molar-refractivity contribution in [3.8, 4) is 5.69 Å². The van der Waals surface area contributed by atoms with Crippen molar-refractivity contribution in [2.45, 2.75) is 45.2 Å². The quantitative estimate of drug-likeness (QED) is 0.634. The van der Waals surface area contributed by atoms with E-state index in [2.05, 4.69) is 0 Å². The van der Waals surface area contributed by atoms with Crippen LogP contribution in [0.4, 0.5) is 8.78 Å². The van der Waals surface area contributed by atoms with E-state index in [0.29, 0.717) is 22.7 Å². The van der Waals surface area contributed by atoms with Gasteiger partial charge in [-0.3, -0.25) is 14.2 Å². The fourth-order valence-corrected chi connectivity index (χ4v) is 4.92. The van der Waals surface area contributed by atoms with E-state index in [1.165, 1.54) is 4.57 Å². The summed E-state index contributed by atoms with van der Waals surface area (Å²) in [6.45, 7) is 2.41. The van der Waals surface area contributed by atoms with E-state index in [-0.39, 0.29) is 28.9 Å². The predicted molar refractivity (Wildman–Crippen MR) is 111 cm³/mol. The summed E-state index contributed by atoms with van der Waals surface area (Å²) < 4.78 is 29.8. The number of hydrogen-bond acceptors (Lipinski definition) is 4. The number of hydrogen-bond donors (Lipinski definition) is 0. The molecule has 0 bridgehead atoms. The Kier molecular flexibility index (Phi) is 5.55. The molecule has 1 aliphatic rings. The van der Waals surface area contributed by atoms with Crippen LogP contribution in [0.15, 0.2) is 39.2 Å². The second-order valence-electron chi connectivity index (χ2n) is 7.38. The van der Waals surface area contributed by atoms with Crippen LogP contribution in [-0.4, -0.2) is 32.5 Å². The van der Waals surface area contributed by atoms with E-state index < -0.39 is 22.9 Å². The third kappa shape index (κ3) is 3.47. The van der Waals surface area contributed by atoms with E-state index in [0.717, 1.165) is 49.2 Å². The molecular formula is C21H21F2N3O3S. The second kappa shape index (κ2) is 8.14. The van der Waals surface area contributed by atoms with Crippen molar-refractivity contribution >= 4 is 27.5 Å². The standard InChI is InChI=1S/C21H21F2N3O3S/c1-2-14-5-3-4-9-24(14)18(27)12-25-17-8-10-30-19(17)20(28)26(21(25)29)16-7-6-13(22)11-15(16)23/h6-8,10-11,14H,2-5,9,12H2,1H3. The molecule has 9 heteroatoms. The zero-order valence-corrected chi connectivity index (χ0v) is 17.3. The number of nitrogens with zero attached hydrogens (tertiary/aromatic N) is 3. The monoisotopic (exact) mass is 433 g/mol. The fourth-order valence-electron chi connectivity index (χ4n) is 4.09. The first-order valence-corrected chi connectivity index (χ1v) is 10.8. The molecule has 1 aromatic carbocycles. The highest BCUT2D eigenvalue weighted by Crippen LogP contribution is 2.21. The number of benzene rings is 1. The molecule has 1 aliphatic heterocycles. The van der Waals surface area contributed by atoms with Gasteiger partial charge in [0.2, 0.25) is 5.91 Å². The van der Waals surface area contributed by atoms with E-state index >= 15 is 0 Å². The minimum atomic E-state index is -1.02. The van der Waals surface area contributed by atoms with Gasteiger partial charge in [0, 0.05) is 18.7 Å². The molecule has 158 valence electrons. The summed E-state index contributed by atoms with van der Waals surface area (Å²) in [6.07, 6.45) is 3.72. The van der Waals surface area contributed by atoms with Gasteiger partial charge in [0.25, 0.3) is 5.56 Å². The van der Waals surface area contributed by atoms with E-state index in [1.54, 1.807) is 16.3 Å². The van der Waals surface area contributed by atoms with E-state index in [1.807, 2.05) is 6.92 Å². The number of aromatic nitrogens is 2. The number of carbonyl (C=O) groups is 1. The maximum absolute atomic E-state index is 14.4. The van der Waals surface area contributed by atoms with E-state index in [9.17, 15) is 23.2 Å². The third-order valence-corrected chi connectivity index (χ3v) is 6.51. The molecule has 4 rings (SSSR count). The van der Waals surface area contributed by atoms with Crippen LogP contribution in [-0.2, 0) is 11.3 Å². The number of amides is 1. The van der Waals surface area contributed by atoms with Crippen molar-refractivity contribution in [2.24, 2.45) is 0 Å². The molecule has 0 radical (unpaired) electrons. The molecular weight excluding hydrogens is 412 g/mol.